The molecular formula is C13H14N2O2. The number of cyclic esters (lactones) is 1. The van der Waals surface area contributed by atoms with E-state index < -0.39 is 0 Å². The minimum absolute atomic E-state index is 0.0965. The molecule has 4 heteroatoms. The van der Waals surface area contributed by atoms with Crippen LogP contribution in [-0.4, -0.2) is 23.7 Å². The van der Waals surface area contributed by atoms with Gasteiger partial charge < -0.3 is 15.0 Å². The first-order valence-electron chi connectivity index (χ1n) is 5.72. The number of amides is 1. The van der Waals surface area contributed by atoms with E-state index >= 15 is 0 Å². The van der Waals surface area contributed by atoms with Gasteiger partial charge in [-0.15, -0.1) is 0 Å². The topological polar surface area (TPSA) is 54.1 Å². The van der Waals surface area contributed by atoms with E-state index in [0.717, 1.165) is 11.9 Å². The highest BCUT2D eigenvalue weighted by atomic mass is 16.6. The number of nitrogens with one attached hydrogen (secondary N) is 2. The summed E-state index contributed by atoms with van der Waals surface area (Å²) in [6.45, 7) is 2.55. The predicted molar refractivity (Wildman–Crippen MR) is 65.0 cm³/mol. The number of carbonyl (C=O) groups excluding carboxylic acids is 1. The van der Waals surface area contributed by atoms with Gasteiger partial charge in [0.25, 0.3) is 0 Å². The summed E-state index contributed by atoms with van der Waals surface area (Å²) in [6.07, 6.45) is 2.51. The second-order valence-electron chi connectivity index (χ2n) is 4.50. The third kappa shape index (κ3) is 1.86. The average molecular weight is 230 g/mol. The molecule has 88 valence electrons. The SMILES string of the molecule is Cc1c[nH]c2ccc(C[C@H]3COC(=O)N3)cc12. The van der Waals surface area contributed by atoms with E-state index in [1.54, 1.807) is 0 Å². The molecule has 0 spiro atoms. The van der Waals surface area contributed by atoms with Crippen molar-refractivity contribution in [2.24, 2.45) is 0 Å². The Hall–Kier alpha value is -1.97. The van der Waals surface area contributed by atoms with E-state index in [1.807, 2.05) is 6.20 Å². The normalized spacial score (nSPS) is 19.4. The molecule has 2 aromatic rings. The molecule has 1 fully saturated rings. The second-order valence-corrected chi connectivity index (χ2v) is 4.50. The minimum atomic E-state index is -0.311. The highest BCUT2D eigenvalue weighted by Crippen LogP contribution is 2.20. The largest absolute Gasteiger partial charge is 0.447 e. The average Bonchev–Trinajstić information content (AvgIpc) is 2.87. The summed E-state index contributed by atoms with van der Waals surface area (Å²) in [5, 5.41) is 4.03. The molecule has 1 aromatic heterocycles. The lowest BCUT2D eigenvalue weighted by Gasteiger charge is -2.07. The maximum Gasteiger partial charge on any atom is 0.407 e. The summed E-state index contributed by atoms with van der Waals surface area (Å²) < 4.78 is 4.88. The van der Waals surface area contributed by atoms with Gasteiger partial charge in [-0.25, -0.2) is 4.79 Å². The second kappa shape index (κ2) is 3.80. The van der Waals surface area contributed by atoms with Crippen molar-refractivity contribution in [1.29, 1.82) is 0 Å². The Kier molecular flexibility index (Phi) is 2.28. The van der Waals surface area contributed by atoms with Gasteiger partial charge >= 0.3 is 6.09 Å². The third-order valence-corrected chi connectivity index (χ3v) is 3.17. The number of H-pyrrole nitrogens is 1. The molecule has 0 bridgehead atoms. The molecule has 0 aliphatic carbocycles. The summed E-state index contributed by atoms with van der Waals surface area (Å²) in [5.74, 6) is 0. The van der Waals surface area contributed by atoms with Crippen LogP contribution in [0.25, 0.3) is 10.9 Å². The molecule has 1 atom stereocenters. The van der Waals surface area contributed by atoms with Crippen LogP contribution in [0.5, 0.6) is 0 Å². The number of aryl methyl sites for hydroxylation is 1. The van der Waals surface area contributed by atoms with E-state index in [9.17, 15) is 4.79 Å². The van der Waals surface area contributed by atoms with Gasteiger partial charge in [-0.05, 0) is 36.6 Å². The first-order valence-corrected chi connectivity index (χ1v) is 5.72. The fourth-order valence-electron chi connectivity index (χ4n) is 2.26. The maximum atomic E-state index is 10.9. The lowest BCUT2D eigenvalue weighted by molar-refractivity contribution is 0.177. The third-order valence-electron chi connectivity index (χ3n) is 3.17. The fourth-order valence-corrected chi connectivity index (χ4v) is 2.26. The van der Waals surface area contributed by atoms with Crippen LogP contribution in [0.2, 0.25) is 0 Å². The molecule has 17 heavy (non-hydrogen) atoms. The van der Waals surface area contributed by atoms with Gasteiger partial charge in [-0.2, -0.15) is 0 Å². The number of carbonyl (C=O) groups is 1. The Labute approximate surface area is 99.0 Å². The van der Waals surface area contributed by atoms with Gasteiger partial charge in [0.15, 0.2) is 0 Å². The number of fused-ring (bicyclic) bond motifs is 1. The number of benzene rings is 1. The van der Waals surface area contributed by atoms with Crippen molar-refractivity contribution in [2.45, 2.75) is 19.4 Å². The van der Waals surface area contributed by atoms with Crippen LogP contribution in [0, 0.1) is 6.92 Å². The standard InChI is InChI=1S/C13H14N2O2/c1-8-6-14-12-3-2-9(5-11(8)12)4-10-7-17-13(16)15-10/h2-3,5-6,10,14H,4,7H2,1H3,(H,15,16)/t10-/m0/s1. The van der Waals surface area contributed by atoms with Crippen LogP contribution in [0.1, 0.15) is 11.1 Å². The van der Waals surface area contributed by atoms with Gasteiger partial charge in [0.1, 0.15) is 6.61 Å². The molecule has 2 heterocycles. The molecule has 2 N–H and O–H groups in total. The smallest absolute Gasteiger partial charge is 0.407 e. The summed E-state index contributed by atoms with van der Waals surface area (Å²) in [6, 6.07) is 6.43. The molecule has 1 saturated heterocycles. The maximum absolute atomic E-state index is 10.9. The van der Waals surface area contributed by atoms with Crippen LogP contribution in [0.3, 0.4) is 0 Å². The number of ether oxygens (including phenoxy) is 1. The van der Waals surface area contributed by atoms with E-state index in [1.165, 1.54) is 16.5 Å². The Bertz CT molecular complexity index is 574. The lowest BCUT2D eigenvalue weighted by Crippen LogP contribution is -2.28. The molecule has 0 saturated carbocycles. The first-order chi connectivity index (χ1) is 8.22. The Balaban J connectivity index is 1.85. The van der Waals surface area contributed by atoms with Crippen LogP contribution in [0.4, 0.5) is 4.79 Å². The van der Waals surface area contributed by atoms with Crippen molar-refractivity contribution in [3.05, 3.63) is 35.5 Å². The van der Waals surface area contributed by atoms with Crippen molar-refractivity contribution in [3.63, 3.8) is 0 Å². The summed E-state index contributed by atoms with van der Waals surface area (Å²) in [4.78, 5) is 14.2. The van der Waals surface area contributed by atoms with Crippen molar-refractivity contribution >= 4 is 17.0 Å². The van der Waals surface area contributed by atoms with Gasteiger partial charge in [-0.1, -0.05) is 6.07 Å². The van der Waals surface area contributed by atoms with Gasteiger partial charge in [-0.3, -0.25) is 0 Å². The molecular weight excluding hydrogens is 216 g/mol. The van der Waals surface area contributed by atoms with Gasteiger partial charge in [0.05, 0.1) is 6.04 Å². The molecule has 0 unspecified atom stereocenters. The molecule has 1 aliphatic rings. The number of aromatic amines is 1. The number of alkyl carbamates (subject to hydrolysis) is 1. The zero-order chi connectivity index (χ0) is 11.8. The van der Waals surface area contributed by atoms with Crippen molar-refractivity contribution in [3.8, 4) is 0 Å². The summed E-state index contributed by atoms with van der Waals surface area (Å²) >= 11 is 0. The highest BCUT2D eigenvalue weighted by Gasteiger charge is 2.22. The fraction of sp³-hybridized carbons (Fsp3) is 0.308. The van der Waals surface area contributed by atoms with Crippen molar-refractivity contribution in [1.82, 2.24) is 10.3 Å². The van der Waals surface area contributed by atoms with Crippen LogP contribution in [-0.2, 0) is 11.2 Å². The van der Waals surface area contributed by atoms with Crippen LogP contribution >= 0.6 is 0 Å². The Morgan fingerprint density at radius 1 is 1.47 bits per heavy atom. The molecule has 1 aromatic carbocycles. The highest BCUT2D eigenvalue weighted by molar-refractivity contribution is 5.83. The monoisotopic (exact) mass is 230 g/mol. The summed E-state index contributed by atoms with van der Waals surface area (Å²) in [7, 11) is 0. The molecule has 4 nitrogen and oxygen atoms in total. The van der Waals surface area contributed by atoms with Crippen molar-refractivity contribution in [2.75, 3.05) is 6.61 Å². The zero-order valence-corrected chi connectivity index (χ0v) is 9.62. The Morgan fingerprint density at radius 2 is 2.35 bits per heavy atom. The van der Waals surface area contributed by atoms with E-state index in [-0.39, 0.29) is 12.1 Å². The number of rotatable bonds is 2. The van der Waals surface area contributed by atoms with Gasteiger partial charge in [0.2, 0.25) is 0 Å². The number of hydrogen-bond acceptors (Lipinski definition) is 2. The van der Waals surface area contributed by atoms with E-state index in [4.69, 9.17) is 4.74 Å². The molecule has 0 radical (unpaired) electrons. The molecule has 3 rings (SSSR count). The Morgan fingerprint density at radius 3 is 3.12 bits per heavy atom. The summed E-state index contributed by atoms with van der Waals surface area (Å²) in [5.41, 5.74) is 3.61. The van der Waals surface area contributed by atoms with E-state index in [2.05, 4.69) is 35.4 Å². The first kappa shape index (κ1) is 10.2. The number of hydrogen-bond donors (Lipinski definition) is 2. The zero-order valence-electron chi connectivity index (χ0n) is 9.62. The molecule has 1 amide bonds. The van der Waals surface area contributed by atoms with Gasteiger partial charge in [0, 0.05) is 17.1 Å². The predicted octanol–water partition coefficient (Wildman–Crippen LogP) is 2.13. The lowest BCUT2D eigenvalue weighted by atomic mass is 10.0. The van der Waals surface area contributed by atoms with Crippen molar-refractivity contribution < 1.29 is 9.53 Å². The van der Waals surface area contributed by atoms with Crippen LogP contribution < -0.4 is 5.32 Å². The quantitative estimate of drug-likeness (QED) is 0.830. The number of aromatic nitrogens is 1. The minimum Gasteiger partial charge on any atom is -0.447 e. The van der Waals surface area contributed by atoms with E-state index in [0.29, 0.717) is 6.61 Å². The van der Waals surface area contributed by atoms with Crippen LogP contribution in [0.15, 0.2) is 24.4 Å². The molecule has 1 aliphatic heterocycles.